The van der Waals surface area contributed by atoms with Crippen molar-refractivity contribution in [3.8, 4) is 5.75 Å². The van der Waals surface area contributed by atoms with Gasteiger partial charge in [0.25, 0.3) is 5.91 Å². The molecule has 2 atom stereocenters. The van der Waals surface area contributed by atoms with E-state index < -0.39 is 12.2 Å². The topological polar surface area (TPSA) is 104 Å². The number of ether oxygens (including phenoxy) is 1. The molecule has 3 heterocycles. The summed E-state index contributed by atoms with van der Waals surface area (Å²) in [5.74, 6) is 0.00187. The zero-order chi connectivity index (χ0) is 24.5. The van der Waals surface area contributed by atoms with Crippen LogP contribution in [0.3, 0.4) is 0 Å². The number of thiazole rings is 1. The maximum Gasteiger partial charge on any atom is 0.275 e. The van der Waals surface area contributed by atoms with E-state index in [1.165, 1.54) is 11.3 Å². The molecular weight excluding hydrogens is 511 g/mol. The van der Waals surface area contributed by atoms with Gasteiger partial charge in [-0.1, -0.05) is 23.2 Å². The van der Waals surface area contributed by atoms with Gasteiger partial charge in [0.05, 0.1) is 22.9 Å². The normalized spacial score (nSPS) is 20.8. The molecule has 5 rings (SSSR count). The molecule has 0 saturated carbocycles. The molecular formula is C24H24Cl2N4O4S. The van der Waals surface area contributed by atoms with Crippen LogP contribution in [-0.4, -0.2) is 46.1 Å². The van der Waals surface area contributed by atoms with Crippen molar-refractivity contribution in [3.05, 3.63) is 57.0 Å². The van der Waals surface area contributed by atoms with Crippen molar-refractivity contribution in [2.75, 3.05) is 13.1 Å². The highest BCUT2D eigenvalue weighted by atomic mass is 35.5. The summed E-state index contributed by atoms with van der Waals surface area (Å²) in [4.78, 5) is 30.0. The summed E-state index contributed by atoms with van der Waals surface area (Å²) in [5.41, 5.74) is 4.29. The number of aromatic nitrogens is 1. The molecule has 0 unspecified atom stereocenters. The molecule has 2 aliphatic rings. The highest BCUT2D eigenvalue weighted by molar-refractivity contribution is 7.18. The monoisotopic (exact) mass is 534 g/mol. The lowest BCUT2D eigenvalue weighted by molar-refractivity contribution is -0.136. The van der Waals surface area contributed by atoms with E-state index in [1.54, 1.807) is 23.2 Å². The molecule has 2 aliphatic heterocycles. The molecule has 0 bridgehead atoms. The predicted molar refractivity (Wildman–Crippen MR) is 134 cm³/mol. The Morgan fingerprint density at radius 3 is 2.66 bits per heavy atom. The summed E-state index contributed by atoms with van der Waals surface area (Å²) in [6.45, 7) is 1.47. The number of halogens is 2. The molecule has 184 valence electrons. The number of nitrogens with one attached hydrogen (secondary N) is 2. The van der Waals surface area contributed by atoms with Crippen LogP contribution in [0.4, 0.5) is 0 Å². The lowest BCUT2D eigenvalue weighted by Crippen LogP contribution is -2.53. The largest absolute Gasteiger partial charge is 0.480 e. The Balaban J connectivity index is 1.09. The van der Waals surface area contributed by atoms with Crippen LogP contribution in [0.25, 0.3) is 10.2 Å². The van der Waals surface area contributed by atoms with E-state index in [4.69, 9.17) is 27.9 Å². The Bertz CT molecular complexity index is 1260. The van der Waals surface area contributed by atoms with Gasteiger partial charge in [0.2, 0.25) is 5.91 Å². The minimum absolute atomic E-state index is 0.0118. The third kappa shape index (κ3) is 5.54. The van der Waals surface area contributed by atoms with Crippen LogP contribution in [0.5, 0.6) is 5.75 Å². The summed E-state index contributed by atoms with van der Waals surface area (Å²) in [6.07, 6.45) is -0.233. The predicted octanol–water partition coefficient (Wildman–Crippen LogP) is 3.85. The number of piperidine rings is 1. The Morgan fingerprint density at radius 1 is 1.11 bits per heavy atom. The highest BCUT2D eigenvalue weighted by Crippen LogP contribution is 2.36. The van der Waals surface area contributed by atoms with Crippen LogP contribution in [0.15, 0.2) is 36.4 Å². The van der Waals surface area contributed by atoms with Gasteiger partial charge < -0.3 is 15.2 Å². The van der Waals surface area contributed by atoms with Gasteiger partial charge in [-0.25, -0.2) is 9.99 Å². The van der Waals surface area contributed by atoms with Gasteiger partial charge in [0.15, 0.2) is 6.10 Å². The fraction of sp³-hybridized carbons (Fsp3) is 0.375. The van der Waals surface area contributed by atoms with E-state index in [0.717, 1.165) is 15.2 Å². The summed E-state index contributed by atoms with van der Waals surface area (Å²) < 4.78 is 6.82. The van der Waals surface area contributed by atoms with Crippen LogP contribution >= 0.6 is 34.5 Å². The number of carbonyl (C=O) groups excluding carboxylic acids is 2. The fourth-order valence-electron chi connectivity index (χ4n) is 4.39. The number of carbonyl (C=O) groups is 2. The molecule has 2 amide bonds. The number of nitrogens with zero attached hydrogens (tertiary/aromatic N) is 2. The average molecular weight is 535 g/mol. The number of amides is 2. The van der Waals surface area contributed by atoms with Crippen molar-refractivity contribution >= 4 is 56.6 Å². The molecule has 3 aromatic rings. The first kappa shape index (κ1) is 24.3. The molecule has 0 spiro atoms. The van der Waals surface area contributed by atoms with Gasteiger partial charge in [-0.2, -0.15) is 0 Å². The molecule has 8 nitrogen and oxygen atoms in total. The molecule has 35 heavy (non-hydrogen) atoms. The molecule has 11 heteroatoms. The van der Waals surface area contributed by atoms with Crippen LogP contribution in [0, 0.1) is 5.92 Å². The summed E-state index contributed by atoms with van der Waals surface area (Å²) in [5, 5.41) is 17.2. The van der Waals surface area contributed by atoms with Gasteiger partial charge in [-0.3, -0.25) is 15.0 Å². The second-order valence-corrected chi connectivity index (χ2v) is 10.7. The van der Waals surface area contributed by atoms with E-state index in [1.807, 2.05) is 18.2 Å². The maximum absolute atomic E-state index is 12.8. The number of hydrazine groups is 1. The Kier molecular flexibility index (Phi) is 7.13. The number of aliphatic hydroxyl groups excluding tert-OH is 1. The first-order chi connectivity index (χ1) is 16.9. The first-order valence-corrected chi connectivity index (χ1v) is 13.0. The smallest absolute Gasteiger partial charge is 0.275 e. The summed E-state index contributed by atoms with van der Waals surface area (Å²) >= 11 is 13.5. The molecule has 1 aromatic heterocycles. The van der Waals surface area contributed by atoms with Gasteiger partial charge >= 0.3 is 0 Å². The number of hydrogen-bond donors (Lipinski definition) is 3. The minimum Gasteiger partial charge on any atom is -0.480 e. The van der Waals surface area contributed by atoms with Gasteiger partial charge in [0, 0.05) is 41.0 Å². The van der Waals surface area contributed by atoms with E-state index in [2.05, 4.69) is 15.7 Å². The number of rotatable bonds is 5. The Morgan fingerprint density at radius 2 is 1.86 bits per heavy atom. The van der Waals surface area contributed by atoms with E-state index in [-0.39, 0.29) is 24.2 Å². The fourth-order valence-corrected chi connectivity index (χ4v) is 5.63. The lowest BCUT2D eigenvalue weighted by atomic mass is 9.96. The van der Waals surface area contributed by atoms with Gasteiger partial charge in [0.1, 0.15) is 10.8 Å². The third-order valence-corrected chi connectivity index (χ3v) is 7.78. The quantitative estimate of drug-likeness (QED) is 0.459. The average Bonchev–Trinajstić information content (AvgIpc) is 3.25. The number of hydrogen-bond acceptors (Lipinski definition) is 7. The van der Waals surface area contributed by atoms with Crippen molar-refractivity contribution in [1.82, 2.24) is 20.7 Å². The number of benzene rings is 2. The Hall–Kier alpha value is -2.43. The third-order valence-electron chi connectivity index (χ3n) is 6.27. The molecule has 1 saturated heterocycles. The van der Waals surface area contributed by atoms with Crippen molar-refractivity contribution < 1.29 is 19.4 Å². The van der Waals surface area contributed by atoms with E-state index >= 15 is 0 Å². The van der Waals surface area contributed by atoms with Crippen molar-refractivity contribution in [1.29, 1.82) is 0 Å². The number of fused-ring (bicyclic) bond motifs is 2. The molecule has 2 aromatic carbocycles. The van der Waals surface area contributed by atoms with Crippen LogP contribution in [-0.2, 0) is 16.1 Å². The molecule has 0 radical (unpaired) electrons. The van der Waals surface area contributed by atoms with Gasteiger partial charge in [-0.15, -0.1) is 11.3 Å². The molecule has 0 aliphatic carbocycles. The lowest BCUT2D eigenvalue weighted by Gasteiger charge is -2.34. The number of aliphatic hydroxyl groups is 1. The minimum atomic E-state index is -0.824. The molecule has 3 N–H and O–H groups in total. The first-order valence-electron chi connectivity index (χ1n) is 11.4. The van der Waals surface area contributed by atoms with Crippen molar-refractivity contribution in [3.63, 3.8) is 0 Å². The zero-order valence-corrected chi connectivity index (χ0v) is 21.0. The van der Waals surface area contributed by atoms with E-state index in [0.29, 0.717) is 53.8 Å². The highest BCUT2D eigenvalue weighted by Gasteiger charge is 2.34. The maximum atomic E-state index is 12.8. The second-order valence-electron chi connectivity index (χ2n) is 8.71. The van der Waals surface area contributed by atoms with Crippen molar-refractivity contribution in [2.24, 2.45) is 5.92 Å². The Labute approximate surface area is 216 Å². The molecule has 1 fully saturated rings. The van der Waals surface area contributed by atoms with Crippen LogP contribution in [0.1, 0.15) is 35.9 Å². The van der Waals surface area contributed by atoms with Gasteiger partial charge in [-0.05, 0) is 49.2 Å². The summed E-state index contributed by atoms with van der Waals surface area (Å²) in [6, 6.07) is 10.5. The zero-order valence-electron chi connectivity index (χ0n) is 18.7. The SMILES string of the molecule is O=C(NCc1nc2cc(Cl)ccc2s1)C1CCN(NC(=O)[C@H]2C[C@@H](O)c3cc(Cl)ccc3O2)CC1. The van der Waals surface area contributed by atoms with E-state index in [9.17, 15) is 14.7 Å². The second kappa shape index (κ2) is 10.3. The van der Waals surface area contributed by atoms with Crippen LogP contribution < -0.4 is 15.5 Å². The van der Waals surface area contributed by atoms with Crippen molar-refractivity contribution in [2.45, 2.75) is 38.0 Å². The summed E-state index contributed by atoms with van der Waals surface area (Å²) in [7, 11) is 0. The van der Waals surface area contributed by atoms with Crippen LogP contribution in [0.2, 0.25) is 10.0 Å². The standard InChI is InChI=1S/C24H24Cl2N4O4S/c25-14-1-3-19-16(9-14)18(31)11-20(34-19)24(33)29-30-7-5-13(6-8-30)23(32)27-12-22-28-17-10-15(26)2-4-21(17)35-22/h1-4,9-10,13,18,20,31H,5-8,11-12H2,(H,27,32)(H,29,33)/t18-,20-/m1/s1.